The number of imide groups is 1. The summed E-state index contributed by atoms with van der Waals surface area (Å²) < 4.78 is 46.1. The summed E-state index contributed by atoms with van der Waals surface area (Å²) in [4.78, 5) is 42.3. The molecule has 3 N–H and O–H groups in total. The number of nitrogens with one attached hydrogen (secondary N) is 2. The Morgan fingerprint density at radius 1 is 1.05 bits per heavy atom. The van der Waals surface area contributed by atoms with E-state index in [9.17, 15) is 32.7 Å². The number of ether oxygens (including phenoxy) is 1. The Labute approximate surface area is 253 Å². The largest absolute Gasteiger partial charge is 0.466 e. The van der Waals surface area contributed by atoms with Crippen LogP contribution in [0.1, 0.15) is 56.2 Å². The summed E-state index contributed by atoms with van der Waals surface area (Å²) in [7, 11) is 1.14. The number of carbonyl (C=O) groups is 3. The summed E-state index contributed by atoms with van der Waals surface area (Å²) in [6.45, 7) is 2.66. The van der Waals surface area contributed by atoms with Crippen LogP contribution in [-0.2, 0) is 15.1 Å². The predicted molar refractivity (Wildman–Crippen MR) is 152 cm³/mol. The van der Waals surface area contributed by atoms with Gasteiger partial charge in [-0.2, -0.15) is 0 Å². The lowest BCUT2D eigenvalue weighted by molar-refractivity contribution is -0.136. The number of methoxy groups -OCH3 is 1. The second-order valence-corrected chi connectivity index (χ2v) is 11.1. The molecule has 0 bridgehead atoms. The quantitative estimate of drug-likeness (QED) is 0.419. The molecular weight excluding hydrogens is 589 g/mol. The molecule has 5 rings (SSSR count). The zero-order valence-electron chi connectivity index (χ0n) is 23.7. The van der Waals surface area contributed by atoms with Crippen molar-refractivity contribution in [1.29, 1.82) is 0 Å². The van der Waals surface area contributed by atoms with Gasteiger partial charge in [0.15, 0.2) is 11.6 Å². The highest BCUT2D eigenvalue weighted by atomic mass is 35.5. The molecule has 4 amide bonds. The fourth-order valence-corrected chi connectivity index (χ4v) is 6.30. The first-order chi connectivity index (χ1) is 20.0. The van der Waals surface area contributed by atoms with Crippen molar-refractivity contribution in [2.45, 2.75) is 62.8 Å². The number of halogens is 4. The van der Waals surface area contributed by atoms with E-state index in [2.05, 4.69) is 15.5 Å². The molecule has 43 heavy (non-hydrogen) atoms. The number of esters is 1. The Bertz CT molecular complexity index is 1420. The van der Waals surface area contributed by atoms with Crippen LogP contribution in [0, 0.1) is 17.5 Å². The van der Waals surface area contributed by atoms with E-state index < -0.39 is 41.3 Å². The van der Waals surface area contributed by atoms with Gasteiger partial charge < -0.3 is 20.5 Å². The van der Waals surface area contributed by atoms with E-state index in [1.165, 1.54) is 25.1 Å². The Kier molecular flexibility index (Phi) is 9.73. The van der Waals surface area contributed by atoms with Crippen LogP contribution >= 0.6 is 12.4 Å². The van der Waals surface area contributed by atoms with Gasteiger partial charge in [-0.15, -0.1) is 12.4 Å². The molecule has 2 aromatic carbocycles. The summed E-state index contributed by atoms with van der Waals surface area (Å²) >= 11 is 0. The van der Waals surface area contributed by atoms with Crippen LogP contribution in [0.2, 0.25) is 0 Å². The van der Waals surface area contributed by atoms with E-state index >= 15 is 0 Å². The van der Waals surface area contributed by atoms with E-state index in [0.29, 0.717) is 50.8 Å². The predicted octanol–water partition coefficient (Wildman–Crippen LogP) is 4.65. The molecule has 0 aromatic heterocycles. The van der Waals surface area contributed by atoms with Crippen LogP contribution in [-0.4, -0.2) is 65.2 Å². The van der Waals surface area contributed by atoms with Gasteiger partial charge in [0.25, 0.3) is 0 Å². The zero-order valence-corrected chi connectivity index (χ0v) is 24.6. The van der Waals surface area contributed by atoms with Crippen molar-refractivity contribution >= 4 is 30.4 Å². The topological polar surface area (TPSA) is 111 Å². The molecule has 0 spiro atoms. The number of likely N-dealkylation sites (tertiary alicyclic amines) is 1. The second kappa shape index (κ2) is 12.9. The molecule has 0 radical (unpaired) electrons. The van der Waals surface area contributed by atoms with Gasteiger partial charge in [0, 0.05) is 30.9 Å². The van der Waals surface area contributed by atoms with E-state index in [0.717, 1.165) is 24.1 Å². The zero-order chi connectivity index (χ0) is 30.2. The lowest BCUT2D eigenvalue weighted by atomic mass is 9.77. The molecule has 1 saturated heterocycles. The van der Waals surface area contributed by atoms with Crippen LogP contribution in [0.3, 0.4) is 0 Å². The Morgan fingerprint density at radius 2 is 1.72 bits per heavy atom. The summed E-state index contributed by atoms with van der Waals surface area (Å²) in [5, 5.41) is 16.5. The summed E-state index contributed by atoms with van der Waals surface area (Å²) in [6, 6.07) is 5.75. The van der Waals surface area contributed by atoms with Crippen LogP contribution < -0.4 is 10.6 Å². The van der Waals surface area contributed by atoms with Crippen molar-refractivity contribution in [3.05, 3.63) is 82.3 Å². The number of hydrogen-bond acceptors (Lipinski definition) is 6. The number of aliphatic hydroxyl groups is 1. The standard InChI is InChI=1S/C30H33F3N4O5.ClH/c1-17-25(27(38)42-2)26(18-3-8-23(32)24(33)15-18)37(28(39)34-17)29(40)35-21-11-14-36(16-21)22-9-12-30(41,13-10-22)19-4-6-20(31)7-5-19;/h3-8,15,21-22,26,41H,9-14,16H2,1-2H3,(H,34,39)(H,35,40);1H/t21-,22?,26+,30?;/m1./s1. The molecule has 2 aromatic rings. The lowest BCUT2D eigenvalue weighted by Gasteiger charge is -2.40. The Hall–Kier alpha value is -3.61. The number of hydrogen-bond donors (Lipinski definition) is 3. The van der Waals surface area contributed by atoms with E-state index in [4.69, 9.17) is 4.74 Å². The lowest BCUT2D eigenvalue weighted by Crippen LogP contribution is -2.56. The smallest absolute Gasteiger partial charge is 0.337 e. The van der Waals surface area contributed by atoms with Crippen LogP contribution in [0.4, 0.5) is 22.8 Å². The molecule has 9 nitrogen and oxygen atoms in total. The Morgan fingerprint density at radius 3 is 2.35 bits per heavy atom. The van der Waals surface area contributed by atoms with Crippen molar-refractivity contribution in [3.8, 4) is 0 Å². The third-order valence-corrected chi connectivity index (χ3v) is 8.56. The number of urea groups is 2. The molecule has 1 saturated carbocycles. The molecule has 1 aliphatic carbocycles. The SMILES string of the molecule is COC(=O)C1=C(C)NC(=O)N(C(=O)N[C@@H]2CCN(C3CCC(O)(c4ccc(F)cc4)CC3)C2)[C@H]1c1ccc(F)c(F)c1.Cl. The fraction of sp³-hybridized carbons (Fsp3) is 0.433. The minimum Gasteiger partial charge on any atom is -0.466 e. The van der Waals surface area contributed by atoms with Gasteiger partial charge >= 0.3 is 18.0 Å². The van der Waals surface area contributed by atoms with Gasteiger partial charge in [-0.25, -0.2) is 32.5 Å². The van der Waals surface area contributed by atoms with Gasteiger partial charge in [0.1, 0.15) is 11.9 Å². The number of allylic oxidation sites excluding steroid dienone is 1. The first-order valence-electron chi connectivity index (χ1n) is 13.9. The number of amides is 4. The number of nitrogens with zero attached hydrogens (tertiary/aromatic N) is 2. The Balaban J connectivity index is 0.00000423. The monoisotopic (exact) mass is 622 g/mol. The van der Waals surface area contributed by atoms with Crippen LogP contribution in [0.5, 0.6) is 0 Å². The number of carbonyl (C=O) groups excluding carboxylic acids is 3. The molecule has 0 unspecified atom stereocenters. The highest BCUT2D eigenvalue weighted by Gasteiger charge is 2.44. The molecule has 2 heterocycles. The van der Waals surface area contributed by atoms with Gasteiger partial charge in [-0.05, 0) is 74.4 Å². The van der Waals surface area contributed by atoms with Crippen molar-refractivity contribution in [3.63, 3.8) is 0 Å². The molecule has 2 aliphatic heterocycles. The highest BCUT2D eigenvalue weighted by molar-refractivity contribution is 6.01. The summed E-state index contributed by atoms with van der Waals surface area (Å²) in [5.74, 6) is -3.48. The fourth-order valence-electron chi connectivity index (χ4n) is 6.30. The summed E-state index contributed by atoms with van der Waals surface area (Å²) in [5.41, 5.74) is -0.239. The average molecular weight is 623 g/mol. The maximum atomic E-state index is 14.2. The van der Waals surface area contributed by atoms with E-state index in [-0.39, 0.29) is 47.1 Å². The molecule has 2 atom stereocenters. The van der Waals surface area contributed by atoms with E-state index in [1.54, 1.807) is 12.1 Å². The maximum absolute atomic E-state index is 14.2. The van der Waals surface area contributed by atoms with Crippen LogP contribution in [0.25, 0.3) is 0 Å². The third kappa shape index (κ3) is 6.51. The van der Waals surface area contributed by atoms with Crippen molar-refractivity contribution < 1.29 is 37.4 Å². The maximum Gasteiger partial charge on any atom is 0.337 e. The van der Waals surface area contributed by atoms with Crippen LogP contribution in [0.15, 0.2) is 53.7 Å². The molecule has 2 fully saturated rings. The number of rotatable bonds is 5. The number of benzene rings is 2. The van der Waals surface area contributed by atoms with Crippen molar-refractivity contribution in [2.75, 3.05) is 20.2 Å². The molecule has 3 aliphatic rings. The van der Waals surface area contributed by atoms with Crippen molar-refractivity contribution in [2.24, 2.45) is 0 Å². The second-order valence-electron chi connectivity index (χ2n) is 11.1. The summed E-state index contributed by atoms with van der Waals surface area (Å²) in [6.07, 6.45) is 3.07. The minimum atomic E-state index is -1.35. The minimum absolute atomic E-state index is 0. The van der Waals surface area contributed by atoms with Crippen molar-refractivity contribution in [1.82, 2.24) is 20.4 Å². The average Bonchev–Trinajstić information content (AvgIpc) is 3.42. The van der Waals surface area contributed by atoms with Gasteiger partial charge in [0.05, 0.1) is 18.3 Å². The first-order valence-corrected chi connectivity index (χ1v) is 13.9. The molecule has 232 valence electrons. The third-order valence-electron chi connectivity index (χ3n) is 8.56. The first kappa shape index (κ1) is 32.3. The highest BCUT2D eigenvalue weighted by Crippen LogP contribution is 2.40. The molecule has 13 heteroatoms. The van der Waals surface area contributed by atoms with E-state index in [1.807, 2.05) is 0 Å². The molecular formula is C30H34ClF3N4O5. The van der Waals surface area contributed by atoms with Gasteiger partial charge in [-0.3, -0.25) is 4.90 Å². The van der Waals surface area contributed by atoms with Gasteiger partial charge in [0.2, 0.25) is 0 Å². The van der Waals surface area contributed by atoms with Gasteiger partial charge in [-0.1, -0.05) is 18.2 Å². The normalized spacial score (nSPS) is 26.0.